The van der Waals surface area contributed by atoms with Crippen LogP contribution in [0, 0.1) is 17.1 Å². The highest BCUT2D eigenvalue weighted by Gasteiger charge is 2.22. The second kappa shape index (κ2) is 9.98. The highest BCUT2D eigenvalue weighted by molar-refractivity contribution is 7.99. The Morgan fingerprint density at radius 3 is 2.37 bits per heavy atom. The average Bonchev–Trinajstić information content (AvgIpc) is 3.19. The van der Waals surface area contributed by atoms with Gasteiger partial charge in [-0.1, -0.05) is 23.9 Å². The number of benzene rings is 2. The van der Waals surface area contributed by atoms with E-state index in [0.717, 1.165) is 0 Å². The van der Waals surface area contributed by atoms with Crippen LogP contribution >= 0.6 is 11.8 Å². The molecule has 1 aromatic heterocycles. The zero-order valence-electron chi connectivity index (χ0n) is 16.9. The molecule has 0 bridgehead atoms. The number of rotatable bonds is 9. The number of ether oxygens (including phenoxy) is 3. The normalized spacial score (nSPS) is 10.5. The summed E-state index contributed by atoms with van der Waals surface area (Å²) in [5.74, 6) is 2.06. The van der Waals surface area contributed by atoms with Crippen LogP contribution in [-0.2, 0) is 0 Å². The van der Waals surface area contributed by atoms with Gasteiger partial charge in [0.15, 0.2) is 22.5 Å². The van der Waals surface area contributed by atoms with Gasteiger partial charge in [0.05, 0.1) is 33.1 Å². The van der Waals surface area contributed by atoms with E-state index in [0.29, 0.717) is 58.1 Å². The summed E-state index contributed by atoms with van der Waals surface area (Å²) >= 11 is 1.42. The van der Waals surface area contributed by atoms with E-state index in [9.17, 15) is 4.39 Å². The van der Waals surface area contributed by atoms with Crippen LogP contribution in [0.4, 0.5) is 4.39 Å². The summed E-state index contributed by atoms with van der Waals surface area (Å²) in [5.41, 5.74) is 0.957. The molecule has 156 valence electrons. The van der Waals surface area contributed by atoms with Crippen LogP contribution in [0.1, 0.15) is 12.8 Å². The molecule has 1 heterocycles. The van der Waals surface area contributed by atoms with Gasteiger partial charge in [-0.15, -0.1) is 10.2 Å². The van der Waals surface area contributed by atoms with Crippen LogP contribution in [-0.4, -0.2) is 41.8 Å². The first-order valence-electron chi connectivity index (χ1n) is 9.15. The monoisotopic (exact) mass is 428 g/mol. The van der Waals surface area contributed by atoms with Crippen molar-refractivity contribution in [2.45, 2.75) is 18.0 Å². The fourth-order valence-electron chi connectivity index (χ4n) is 2.93. The molecule has 0 atom stereocenters. The minimum atomic E-state index is -0.398. The molecule has 3 aromatic rings. The molecule has 0 aliphatic carbocycles. The van der Waals surface area contributed by atoms with Crippen LogP contribution in [0.2, 0.25) is 0 Å². The maximum atomic E-state index is 14.7. The van der Waals surface area contributed by atoms with Gasteiger partial charge in [0.2, 0.25) is 5.75 Å². The molecule has 9 heteroatoms. The Balaban J connectivity index is 2.15. The molecule has 0 fully saturated rings. The summed E-state index contributed by atoms with van der Waals surface area (Å²) in [4.78, 5) is 0. The molecular weight excluding hydrogens is 407 g/mol. The van der Waals surface area contributed by atoms with Crippen molar-refractivity contribution in [3.05, 3.63) is 42.2 Å². The van der Waals surface area contributed by atoms with Crippen molar-refractivity contribution in [3.8, 4) is 40.4 Å². The third-order valence-corrected chi connectivity index (χ3v) is 5.33. The smallest absolute Gasteiger partial charge is 0.203 e. The van der Waals surface area contributed by atoms with Gasteiger partial charge < -0.3 is 14.2 Å². The van der Waals surface area contributed by atoms with Crippen molar-refractivity contribution in [2.75, 3.05) is 27.1 Å². The number of thioether (sulfide) groups is 1. The minimum Gasteiger partial charge on any atom is -0.493 e. The number of para-hydroxylation sites is 1. The Labute approximate surface area is 178 Å². The number of halogens is 1. The van der Waals surface area contributed by atoms with E-state index in [4.69, 9.17) is 19.5 Å². The summed E-state index contributed by atoms with van der Waals surface area (Å²) in [5, 5.41) is 17.9. The van der Waals surface area contributed by atoms with Crippen LogP contribution in [0.15, 0.2) is 41.6 Å². The Morgan fingerprint density at radius 1 is 1.07 bits per heavy atom. The fourth-order valence-corrected chi connectivity index (χ4v) is 3.81. The van der Waals surface area contributed by atoms with Gasteiger partial charge in [-0.2, -0.15) is 5.26 Å². The zero-order chi connectivity index (χ0) is 21.5. The van der Waals surface area contributed by atoms with Crippen molar-refractivity contribution in [1.29, 1.82) is 5.26 Å². The molecule has 0 aliphatic heterocycles. The third-order valence-electron chi connectivity index (χ3n) is 4.31. The summed E-state index contributed by atoms with van der Waals surface area (Å²) < 4.78 is 32.6. The first kappa shape index (κ1) is 21.5. The third kappa shape index (κ3) is 4.33. The van der Waals surface area contributed by atoms with E-state index < -0.39 is 5.82 Å². The molecule has 0 saturated heterocycles. The summed E-state index contributed by atoms with van der Waals surface area (Å²) in [7, 11) is 4.58. The molecule has 0 spiro atoms. The van der Waals surface area contributed by atoms with Gasteiger partial charge in [-0.25, -0.2) is 4.39 Å². The molecule has 0 aliphatic rings. The van der Waals surface area contributed by atoms with Gasteiger partial charge >= 0.3 is 0 Å². The van der Waals surface area contributed by atoms with Crippen LogP contribution < -0.4 is 14.2 Å². The van der Waals surface area contributed by atoms with Gasteiger partial charge in [0, 0.05) is 17.7 Å². The van der Waals surface area contributed by atoms with Gasteiger partial charge in [-0.3, -0.25) is 4.57 Å². The standard InChI is InChI=1S/C21H21FN4O3S/c1-27-17-12-14(13-18(28-2)19(17)29-3)20-24-25-21(30-11-7-6-10-23)26(20)16-9-5-4-8-15(16)22/h4-5,8-9,12-13H,6-7,11H2,1-3H3. The van der Waals surface area contributed by atoms with Crippen molar-refractivity contribution < 1.29 is 18.6 Å². The largest absolute Gasteiger partial charge is 0.493 e. The van der Waals surface area contributed by atoms with E-state index in [2.05, 4.69) is 16.3 Å². The van der Waals surface area contributed by atoms with Crippen LogP contribution in [0.3, 0.4) is 0 Å². The molecule has 3 rings (SSSR count). The number of nitriles is 1. The Morgan fingerprint density at radius 2 is 1.77 bits per heavy atom. The van der Waals surface area contributed by atoms with Gasteiger partial charge in [-0.05, 0) is 30.7 Å². The lowest BCUT2D eigenvalue weighted by Crippen LogP contribution is -2.03. The maximum Gasteiger partial charge on any atom is 0.203 e. The zero-order valence-corrected chi connectivity index (χ0v) is 17.7. The second-order valence-electron chi connectivity index (χ2n) is 6.12. The maximum absolute atomic E-state index is 14.7. The Kier molecular flexibility index (Phi) is 7.14. The van der Waals surface area contributed by atoms with Crippen molar-refractivity contribution in [3.63, 3.8) is 0 Å². The number of methoxy groups -OCH3 is 3. The summed E-state index contributed by atoms with van der Waals surface area (Å²) in [6.45, 7) is 0. The number of hydrogen-bond acceptors (Lipinski definition) is 7. The molecule has 2 aromatic carbocycles. The Hall–Kier alpha value is -3.25. The average molecular weight is 428 g/mol. The first-order chi connectivity index (χ1) is 14.6. The second-order valence-corrected chi connectivity index (χ2v) is 7.18. The number of aromatic nitrogens is 3. The van der Waals surface area contributed by atoms with E-state index in [-0.39, 0.29) is 0 Å². The number of unbranched alkanes of at least 4 members (excludes halogenated alkanes) is 1. The topological polar surface area (TPSA) is 82.2 Å². The van der Waals surface area contributed by atoms with Gasteiger partial charge in [0.1, 0.15) is 5.82 Å². The Bertz CT molecular complexity index is 1040. The molecule has 0 saturated carbocycles. The van der Waals surface area contributed by atoms with Gasteiger partial charge in [0.25, 0.3) is 0 Å². The summed E-state index contributed by atoms with van der Waals surface area (Å²) in [6.07, 6.45) is 1.14. The first-order valence-corrected chi connectivity index (χ1v) is 10.1. The SMILES string of the molecule is COc1cc(-c2nnc(SCCCC#N)n2-c2ccccc2F)cc(OC)c1OC. The van der Waals surface area contributed by atoms with E-state index in [1.807, 2.05) is 0 Å². The minimum absolute atomic E-state index is 0.328. The number of nitrogens with zero attached hydrogens (tertiary/aromatic N) is 4. The van der Waals surface area contributed by atoms with E-state index >= 15 is 0 Å². The highest BCUT2D eigenvalue weighted by Crippen LogP contribution is 2.41. The lowest BCUT2D eigenvalue weighted by Gasteiger charge is -2.15. The van der Waals surface area contributed by atoms with Crippen molar-refractivity contribution >= 4 is 11.8 Å². The van der Waals surface area contributed by atoms with E-state index in [1.165, 1.54) is 39.2 Å². The molecule has 0 amide bonds. The predicted octanol–water partition coefficient (Wildman–Crippen LogP) is 4.50. The lowest BCUT2D eigenvalue weighted by molar-refractivity contribution is 0.324. The predicted molar refractivity (Wildman–Crippen MR) is 112 cm³/mol. The van der Waals surface area contributed by atoms with Crippen molar-refractivity contribution in [1.82, 2.24) is 14.8 Å². The quantitative estimate of drug-likeness (QED) is 0.367. The van der Waals surface area contributed by atoms with E-state index in [1.54, 1.807) is 34.9 Å². The fraction of sp³-hybridized carbons (Fsp3) is 0.286. The van der Waals surface area contributed by atoms with Crippen molar-refractivity contribution in [2.24, 2.45) is 0 Å². The molecule has 7 nitrogen and oxygen atoms in total. The molecule has 30 heavy (non-hydrogen) atoms. The highest BCUT2D eigenvalue weighted by atomic mass is 32.2. The number of hydrogen-bond donors (Lipinski definition) is 0. The molecular formula is C21H21FN4O3S. The van der Waals surface area contributed by atoms with Crippen LogP contribution in [0.25, 0.3) is 17.1 Å². The summed E-state index contributed by atoms with van der Waals surface area (Å²) in [6, 6.07) is 12.0. The van der Waals surface area contributed by atoms with Crippen LogP contribution in [0.5, 0.6) is 17.2 Å². The molecule has 0 radical (unpaired) electrons. The molecule has 0 N–H and O–H groups in total. The molecule has 0 unspecified atom stereocenters. The lowest BCUT2D eigenvalue weighted by atomic mass is 10.1.